The summed E-state index contributed by atoms with van der Waals surface area (Å²) in [7, 11) is 0. The quantitative estimate of drug-likeness (QED) is 0.722. The molecule has 2 aromatic carbocycles. The molecular weight excluding hydrogens is 262 g/mol. The fraction of sp³-hybridized carbons (Fsp3) is 0.0588. The minimum Gasteiger partial charge on any atom is -0.455 e. The number of pyridine rings is 1. The molecule has 0 aliphatic rings. The minimum atomic E-state index is 0.641. The second kappa shape index (κ2) is 5.14. The highest BCUT2D eigenvalue weighted by atomic mass is 16.5. The number of ether oxygens (including phenoxy) is 1. The van der Waals surface area contributed by atoms with Crippen LogP contribution in [0.15, 0.2) is 48.7 Å². The van der Waals surface area contributed by atoms with E-state index in [0.717, 1.165) is 16.5 Å². The van der Waals surface area contributed by atoms with Crippen molar-refractivity contribution in [1.29, 1.82) is 5.26 Å². The molecule has 0 saturated carbocycles. The van der Waals surface area contributed by atoms with Crippen LogP contribution in [0.2, 0.25) is 0 Å². The molecule has 3 aromatic rings. The molecule has 21 heavy (non-hydrogen) atoms. The molecule has 0 fully saturated rings. The highest BCUT2D eigenvalue weighted by molar-refractivity contribution is 5.94. The molecule has 0 bridgehead atoms. The van der Waals surface area contributed by atoms with E-state index in [1.54, 1.807) is 30.5 Å². The number of rotatable bonds is 2. The Hall–Kier alpha value is -3.06. The van der Waals surface area contributed by atoms with E-state index >= 15 is 0 Å². The third-order valence-electron chi connectivity index (χ3n) is 3.31. The molecule has 4 nitrogen and oxygen atoms in total. The van der Waals surface area contributed by atoms with Gasteiger partial charge in [0.05, 0.1) is 11.6 Å². The Kier molecular flexibility index (Phi) is 3.17. The van der Waals surface area contributed by atoms with Gasteiger partial charge in [-0.05, 0) is 55.0 Å². The predicted molar refractivity (Wildman–Crippen MR) is 82.1 cm³/mol. The van der Waals surface area contributed by atoms with Crippen LogP contribution in [-0.2, 0) is 0 Å². The van der Waals surface area contributed by atoms with Gasteiger partial charge in [0.1, 0.15) is 11.3 Å². The van der Waals surface area contributed by atoms with Gasteiger partial charge in [-0.1, -0.05) is 0 Å². The average Bonchev–Trinajstić information content (AvgIpc) is 2.51. The number of benzene rings is 2. The molecule has 0 saturated heterocycles. The van der Waals surface area contributed by atoms with Crippen molar-refractivity contribution >= 4 is 16.6 Å². The van der Waals surface area contributed by atoms with Gasteiger partial charge in [-0.2, -0.15) is 5.26 Å². The maximum atomic E-state index is 8.96. The second-order valence-electron chi connectivity index (χ2n) is 4.74. The van der Waals surface area contributed by atoms with E-state index in [2.05, 4.69) is 11.1 Å². The number of hydrogen-bond acceptors (Lipinski definition) is 4. The van der Waals surface area contributed by atoms with E-state index in [1.807, 2.05) is 25.1 Å². The number of nitrogens with zero attached hydrogens (tertiary/aromatic N) is 2. The molecule has 1 heterocycles. The molecule has 0 aliphatic carbocycles. The van der Waals surface area contributed by atoms with Crippen LogP contribution in [0.4, 0.5) is 5.69 Å². The highest BCUT2D eigenvalue weighted by Crippen LogP contribution is 2.32. The van der Waals surface area contributed by atoms with E-state index in [1.165, 1.54) is 0 Å². The standard InChI is InChI=1S/C17H13N3O/c1-11-9-13(5-4-12(11)10-18)21-16-7-6-15(19)14-3-2-8-20-17(14)16/h2-9H,19H2,1H3. The Morgan fingerprint density at radius 1 is 1.19 bits per heavy atom. The number of nitrogens with two attached hydrogens (primary N) is 1. The molecule has 0 atom stereocenters. The van der Waals surface area contributed by atoms with E-state index in [0.29, 0.717) is 22.7 Å². The number of nitriles is 1. The largest absolute Gasteiger partial charge is 0.455 e. The molecule has 0 unspecified atom stereocenters. The summed E-state index contributed by atoms with van der Waals surface area (Å²) in [5.41, 5.74) is 8.86. The fourth-order valence-electron chi connectivity index (χ4n) is 2.20. The highest BCUT2D eigenvalue weighted by Gasteiger charge is 2.08. The first kappa shape index (κ1) is 12.9. The molecule has 0 amide bonds. The summed E-state index contributed by atoms with van der Waals surface area (Å²) in [6, 6.07) is 14.9. The summed E-state index contributed by atoms with van der Waals surface area (Å²) in [6.07, 6.45) is 1.71. The first-order valence-electron chi connectivity index (χ1n) is 6.51. The lowest BCUT2D eigenvalue weighted by Gasteiger charge is -2.10. The zero-order chi connectivity index (χ0) is 14.8. The zero-order valence-electron chi connectivity index (χ0n) is 11.5. The van der Waals surface area contributed by atoms with Crippen molar-refractivity contribution in [2.75, 3.05) is 5.73 Å². The smallest absolute Gasteiger partial charge is 0.153 e. The number of hydrogen-bond donors (Lipinski definition) is 1. The van der Waals surface area contributed by atoms with E-state index in [9.17, 15) is 0 Å². The van der Waals surface area contributed by atoms with Crippen LogP contribution in [0.5, 0.6) is 11.5 Å². The summed E-state index contributed by atoms with van der Waals surface area (Å²) in [5, 5.41) is 9.82. The van der Waals surface area contributed by atoms with Crippen molar-refractivity contribution in [3.8, 4) is 17.6 Å². The summed E-state index contributed by atoms with van der Waals surface area (Å²) in [4.78, 5) is 4.34. The molecule has 0 spiro atoms. The topological polar surface area (TPSA) is 71.9 Å². The van der Waals surface area contributed by atoms with E-state index in [-0.39, 0.29) is 0 Å². The Balaban J connectivity index is 2.05. The maximum absolute atomic E-state index is 8.96. The van der Waals surface area contributed by atoms with E-state index < -0.39 is 0 Å². The number of aryl methyl sites for hydroxylation is 1. The lowest BCUT2D eigenvalue weighted by Crippen LogP contribution is -1.93. The number of nitrogen functional groups attached to an aromatic ring is 1. The summed E-state index contributed by atoms with van der Waals surface area (Å²) < 4.78 is 5.90. The third kappa shape index (κ3) is 2.37. The molecule has 3 rings (SSSR count). The average molecular weight is 275 g/mol. The summed E-state index contributed by atoms with van der Waals surface area (Å²) >= 11 is 0. The van der Waals surface area contributed by atoms with Crippen LogP contribution in [-0.4, -0.2) is 4.98 Å². The Morgan fingerprint density at radius 2 is 2.05 bits per heavy atom. The van der Waals surface area contributed by atoms with Gasteiger partial charge in [0.25, 0.3) is 0 Å². The van der Waals surface area contributed by atoms with Crippen LogP contribution >= 0.6 is 0 Å². The maximum Gasteiger partial charge on any atom is 0.153 e. The molecule has 4 heteroatoms. The summed E-state index contributed by atoms with van der Waals surface area (Å²) in [6.45, 7) is 1.88. The Morgan fingerprint density at radius 3 is 2.81 bits per heavy atom. The van der Waals surface area contributed by atoms with Crippen LogP contribution in [0.3, 0.4) is 0 Å². The van der Waals surface area contributed by atoms with Crippen molar-refractivity contribution in [3.05, 3.63) is 59.8 Å². The van der Waals surface area contributed by atoms with Gasteiger partial charge >= 0.3 is 0 Å². The van der Waals surface area contributed by atoms with Gasteiger partial charge in [0, 0.05) is 17.3 Å². The van der Waals surface area contributed by atoms with Crippen molar-refractivity contribution in [3.63, 3.8) is 0 Å². The normalized spacial score (nSPS) is 10.3. The molecule has 0 radical (unpaired) electrons. The van der Waals surface area contributed by atoms with Crippen LogP contribution in [0.25, 0.3) is 10.9 Å². The molecule has 2 N–H and O–H groups in total. The van der Waals surface area contributed by atoms with Crippen molar-refractivity contribution < 1.29 is 4.74 Å². The first-order valence-corrected chi connectivity index (χ1v) is 6.51. The minimum absolute atomic E-state index is 0.641. The fourth-order valence-corrected chi connectivity index (χ4v) is 2.20. The van der Waals surface area contributed by atoms with Gasteiger partial charge in [0.15, 0.2) is 5.75 Å². The number of aromatic nitrogens is 1. The zero-order valence-corrected chi connectivity index (χ0v) is 11.5. The number of fused-ring (bicyclic) bond motifs is 1. The lowest BCUT2D eigenvalue weighted by atomic mass is 10.1. The molecule has 0 aliphatic heterocycles. The monoisotopic (exact) mass is 275 g/mol. The molecule has 1 aromatic heterocycles. The van der Waals surface area contributed by atoms with Gasteiger partial charge < -0.3 is 10.5 Å². The van der Waals surface area contributed by atoms with Crippen molar-refractivity contribution in [1.82, 2.24) is 4.98 Å². The van der Waals surface area contributed by atoms with E-state index in [4.69, 9.17) is 15.7 Å². The summed E-state index contributed by atoms with van der Waals surface area (Å²) in [5.74, 6) is 1.31. The predicted octanol–water partition coefficient (Wildman–Crippen LogP) is 3.79. The number of anilines is 1. The molecular formula is C17H13N3O. The third-order valence-corrected chi connectivity index (χ3v) is 3.31. The van der Waals surface area contributed by atoms with Gasteiger partial charge in [0.2, 0.25) is 0 Å². The van der Waals surface area contributed by atoms with Crippen LogP contribution in [0, 0.1) is 18.3 Å². The Labute approximate surface area is 122 Å². The van der Waals surface area contributed by atoms with Gasteiger partial charge in [-0.15, -0.1) is 0 Å². The molecule has 102 valence electrons. The van der Waals surface area contributed by atoms with Gasteiger partial charge in [-0.25, -0.2) is 0 Å². The second-order valence-corrected chi connectivity index (χ2v) is 4.74. The SMILES string of the molecule is Cc1cc(Oc2ccc(N)c3cccnc23)ccc1C#N. The van der Waals surface area contributed by atoms with Crippen molar-refractivity contribution in [2.24, 2.45) is 0 Å². The lowest BCUT2D eigenvalue weighted by molar-refractivity contribution is 0.487. The van der Waals surface area contributed by atoms with Gasteiger partial charge in [-0.3, -0.25) is 4.98 Å². The van der Waals surface area contributed by atoms with Crippen LogP contribution < -0.4 is 10.5 Å². The Bertz CT molecular complexity index is 866. The van der Waals surface area contributed by atoms with Crippen LogP contribution in [0.1, 0.15) is 11.1 Å². The first-order chi connectivity index (χ1) is 10.2. The van der Waals surface area contributed by atoms with Crippen molar-refractivity contribution in [2.45, 2.75) is 6.92 Å².